The highest BCUT2D eigenvalue weighted by atomic mass is 32.2. The second-order valence-electron chi connectivity index (χ2n) is 5.07. The van der Waals surface area contributed by atoms with Crippen molar-refractivity contribution in [2.24, 2.45) is 0 Å². The number of hydrogen-bond donors (Lipinski definition) is 0. The molecule has 3 rings (SSSR count). The topological polar surface area (TPSA) is 3.24 Å². The van der Waals surface area contributed by atoms with Crippen molar-refractivity contribution in [2.45, 2.75) is 23.5 Å². The molecule has 0 radical (unpaired) electrons. The van der Waals surface area contributed by atoms with E-state index < -0.39 is 0 Å². The first-order valence-corrected chi connectivity index (χ1v) is 7.89. The minimum atomic E-state index is -0.174. The fourth-order valence-corrected chi connectivity index (χ4v) is 4.01. The molecule has 0 spiro atoms. The summed E-state index contributed by atoms with van der Waals surface area (Å²) < 4.78 is 13.0. The van der Waals surface area contributed by atoms with Gasteiger partial charge in [0.05, 0.1) is 0 Å². The Morgan fingerprint density at radius 1 is 1.15 bits per heavy atom. The van der Waals surface area contributed by atoms with Crippen molar-refractivity contribution in [1.82, 2.24) is 0 Å². The fraction of sp³-hybridized carbons (Fsp3) is 0.294. The van der Waals surface area contributed by atoms with Gasteiger partial charge in [-0.3, -0.25) is 0 Å². The first-order chi connectivity index (χ1) is 9.76. The number of rotatable bonds is 4. The van der Waals surface area contributed by atoms with E-state index in [4.69, 9.17) is 0 Å². The van der Waals surface area contributed by atoms with Crippen LogP contribution in [0.5, 0.6) is 0 Å². The van der Waals surface area contributed by atoms with Gasteiger partial charge in [-0.2, -0.15) is 0 Å². The summed E-state index contributed by atoms with van der Waals surface area (Å²) in [5.74, 6) is -0.174. The number of benzene rings is 2. The van der Waals surface area contributed by atoms with Gasteiger partial charge in [0.25, 0.3) is 0 Å². The lowest BCUT2D eigenvalue weighted by Gasteiger charge is -2.26. The van der Waals surface area contributed by atoms with Crippen LogP contribution in [0.1, 0.15) is 12.5 Å². The monoisotopic (exact) mass is 287 g/mol. The van der Waals surface area contributed by atoms with E-state index >= 15 is 0 Å². The van der Waals surface area contributed by atoms with Crippen molar-refractivity contribution in [3.05, 3.63) is 59.9 Å². The van der Waals surface area contributed by atoms with Gasteiger partial charge < -0.3 is 4.90 Å². The highest BCUT2D eigenvalue weighted by molar-refractivity contribution is 8.00. The van der Waals surface area contributed by atoms with E-state index in [-0.39, 0.29) is 5.82 Å². The van der Waals surface area contributed by atoms with Crippen LogP contribution < -0.4 is 4.90 Å². The summed E-state index contributed by atoms with van der Waals surface area (Å²) in [4.78, 5) is 3.73. The Morgan fingerprint density at radius 2 is 1.90 bits per heavy atom. The van der Waals surface area contributed by atoms with Gasteiger partial charge >= 0.3 is 0 Å². The van der Waals surface area contributed by atoms with Crippen LogP contribution in [0, 0.1) is 5.82 Å². The van der Waals surface area contributed by atoms with Gasteiger partial charge in [0.2, 0.25) is 0 Å². The molecule has 1 aliphatic heterocycles. The Kier molecular flexibility index (Phi) is 3.97. The zero-order chi connectivity index (χ0) is 13.9. The molecule has 1 atom stereocenters. The van der Waals surface area contributed by atoms with Gasteiger partial charge in [-0.1, -0.05) is 18.2 Å². The van der Waals surface area contributed by atoms with E-state index in [9.17, 15) is 4.39 Å². The zero-order valence-electron chi connectivity index (χ0n) is 11.6. The van der Waals surface area contributed by atoms with Crippen LogP contribution in [0.3, 0.4) is 0 Å². The minimum absolute atomic E-state index is 0.174. The highest BCUT2D eigenvalue weighted by Crippen LogP contribution is 2.37. The molecule has 1 nitrogen and oxygen atoms in total. The summed E-state index contributed by atoms with van der Waals surface area (Å²) in [5, 5.41) is 0.581. The zero-order valence-corrected chi connectivity index (χ0v) is 12.4. The fourth-order valence-electron chi connectivity index (χ4n) is 2.67. The summed E-state index contributed by atoms with van der Waals surface area (Å²) in [6, 6.07) is 15.4. The number of fused-ring (bicyclic) bond motifs is 1. The Morgan fingerprint density at radius 3 is 2.60 bits per heavy atom. The Labute approximate surface area is 123 Å². The molecule has 0 saturated carbocycles. The van der Waals surface area contributed by atoms with Crippen LogP contribution in [-0.4, -0.2) is 18.3 Å². The normalized spacial score (nSPS) is 17.0. The molecule has 1 aliphatic rings. The van der Waals surface area contributed by atoms with E-state index in [0.717, 1.165) is 25.2 Å². The Bertz CT molecular complexity index is 557. The van der Waals surface area contributed by atoms with E-state index in [2.05, 4.69) is 36.1 Å². The maximum Gasteiger partial charge on any atom is 0.123 e. The third kappa shape index (κ3) is 2.83. The molecule has 0 amide bonds. The van der Waals surface area contributed by atoms with Crippen molar-refractivity contribution in [3.63, 3.8) is 0 Å². The molecule has 0 fully saturated rings. The SMILES string of the molecule is CCN(CC1Cc2ccccc2S1)c1ccc(F)cc1. The molecule has 2 aromatic carbocycles. The van der Waals surface area contributed by atoms with Gasteiger partial charge in [0, 0.05) is 28.9 Å². The second kappa shape index (κ2) is 5.88. The molecule has 20 heavy (non-hydrogen) atoms. The smallest absolute Gasteiger partial charge is 0.123 e. The molecular weight excluding hydrogens is 269 g/mol. The average molecular weight is 287 g/mol. The molecule has 3 heteroatoms. The van der Waals surface area contributed by atoms with Crippen molar-refractivity contribution >= 4 is 17.4 Å². The van der Waals surface area contributed by atoms with Crippen LogP contribution in [0.4, 0.5) is 10.1 Å². The number of nitrogens with zero attached hydrogens (tertiary/aromatic N) is 1. The molecular formula is C17H18FNS. The molecule has 104 valence electrons. The minimum Gasteiger partial charge on any atom is -0.371 e. The molecule has 0 aromatic heterocycles. The first-order valence-electron chi connectivity index (χ1n) is 7.01. The summed E-state index contributed by atoms with van der Waals surface area (Å²) in [6.07, 6.45) is 1.12. The number of thioether (sulfide) groups is 1. The van der Waals surface area contributed by atoms with Crippen LogP contribution in [-0.2, 0) is 6.42 Å². The maximum absolute atomic E-state index is 13.0. The maximum atomic E-state index is 13.0. The highest BCUT2D eigenvalue weighted by Gasteiger charge is 2.23. The Balaban J connectivity index is 1.69. The molecule has 0 saturated heterocycles. The molecule has 1 unspecified atom stereocenters. The van der Waals surface area contributed by atoms with E-state index in [1.54, 1.807) is 0 Å². The molecule has 0 aliphatic carbocycles. The number of anilines is 1. The van der Waals surface area contributed by atoms with Crippen molar-refractivity contribution in [2.75, 3.05) is 18.0 Å². The Hall–Kier alpha value is -1.48. The summed E-state index contributed by atoms with van der Waals surface area (Å²) in [6.45, 7) is 4.09. The van der Waals surface area contributed by atoms with Gasteiger partial charge in [-0.25, -0.2) is 4.39 Å². The summed E-state index contributed by atoms with van der Waals surface area (Å²) >= 11 is 1.96. The largest absolute Gasteiger partial charge is 0.371 e. The lowest BCUT2D eigenvalue weighted by Crippen LogP contribution is -2.30. The van der Waals surface area contributed by atoms with Crippen LogP contribution >= 0.6 is 11.8 Å². The van der Waals surface area contributed by atoms with Crippen molar-refractivity contribution < 1.29 is 4.39 Å². The van der Waals surface area contributed by atoms with Crippen molar-refractivity contribution in [1.29, 1.82) is 0 Å². The average Bonchev–Trinajstić information content (AvgIpc) is 2.88. The summed E-state index contributed by atoms with van der Waals surface area (Å²) in [5.41, 5.74) is 2.56. The first kappa shape index (κ1) is 13.5. The number of hydrogen-bond acceptors (Lipinski definition) is 2. The van der Waals surface area contributed by atoms with Crippen LogP contribution in [0.25, 0.3) is 0 Å². The third-order valence-electron chi connectivity index (χ3n) is 3.71. The lowest BCUT2D eigenvalue weighted by molar-refractivity contribution is 0.627. The van der Waals surface area contributed by atoms with E-state index in [1.807, 2.05) is 23.9 Å². The van der Waals surface area contributed by atoms with E-state index in [1.165, 1.54) is 22.6 Å². The lowest BCUT2D eigenvalue weighted by atomic mass is 10.1. The van der Waals surface area contributed by atoms with Crippen molar-refractivity contribution in [3.8, 4) is 0 Å². The molecule has 2 aromatic rings. The predicted octanol–water partition coefficient (Wildman–Crippen LogP) is 4.37. The second-order valence-corrected chi connectivity index (χ2v) is 6.41. The van der Waals surface area contributed by atoms with Crippen LogP contribution in [0.2, 0.25) is 0 Å². The summed E-state index contributed by atoms with van der Waals surface area (Å²) in [7, 11) is 0. The van der Waals surface area contributed by atoms with Crippen LogP contribution in [0.15, 0.2) is 53.4 Å². The van der Waals surface area contributed by atoms with Gasteiger partial charge in [0.15, 0.2) is 0 Å². The quantitative estimate of drug-likeness (QED) is 0.821. The van der Waals surface area contributed by atoms with E-state index in [0.29, 0.717) is 5.25 Å². The molecule has 0 bridgehead atoms. The standard InChI is InChI=1S/C17H18FNS/c1-2-19(15-9-7-14(18)8-10-15)12-16-11-13-5-3-4-6-17(13)20-16/h3-10,16H,2,11-12H2,1H3. The molecule has 1 heterocycles. The number of halogens is 1. The van der Waals surface area contributed by atoms with Gasteiger partial charge in [-0.05, 0) is 49.2 Å². The van der Waals surface area contributed by atoms with Gasteiger partial charge in [0.1, 0.15) is 5.82 Å². The molecule has 0 N–H and O–H groups in total. The predicted molar refractivity (Wildman–Crippen MR) is 84.1 cm³/mol. The third-order valence-corrected chi connectivity index (χ3v) is 5.01. The van der Waals surface area contributed by atoms with Gasteiger partial charge in [-0.15, -0.1) is 11.8 Å².